The molecule has 0 radical (unpaired) electrons. The van der Waals surface area contributed by atoms with Gasteiger partial charge >= 0.3 is 6.03 Å². The van der Waals surface area contributed by atoms with Crippen LogP contribution in [0, 0.1) is 0 Å². The molecule has 0 aliphatic carbocycles. The fourth-order valence-electron chi connectivity index (χ4n) is 2.98. The topological polar surface area (TPSA) is 109 Å². The van der Waals surface area contributed by atoms with Crippen LogP contribution in [0.15, 0.2) is 24.3 Å². The second-order valence-electron chi connectivity index (χ2n) is 6.45. The third-order valence-corrected chi connectivity index (χ3v) is 4.31. The first kappa shape index (κ1) is 18.4. The molecule has 0 aromatic heterocycles. The Balaban J connectivity index is 1.70. The average Bonchev–Trinajstić information content (AvgIpc) is 3.02. The van der Waals surface area contributed by atoms with E-state index < -0.39 is 49.1 Å². The van der Waals surface area contributed by atoms with Gasteiger partial charge in [0.25, 0.3) is 0 Å². The molecule has 2 amide bonds. The Morgan fingerprint density at radius 1 is 1.32 bits per heavy atom. The van der Waals surface area contributed by atoms with Crippen LogP contribution in [0.25, 0.3) is 0 Å². The van der Waals surface area contributed by atoms with Crippen molar-refractivity contribution in [3.63, 3.8) is 0 Å². The first-order valence-corrected chi connectivity index (χ1v) is 8.30. The quantitative estimate of drug-likeness (QED) is 0.629. The van der Waals surface area contributed by atoms with Crippen LogP contribution >= 0.6 is 11.6 Å². The number of ether oxygens (including phenoxy) is 3. The molecule has 0 unspecified atom stereocenters. The summed E-state index contributed by atoms with van der Waals surface area (Å²) in [7, 11) is 0. The molecule has 0 saturated carbocycles. The lowest BCUT2D eigenvalue weighted by atomic mass is 10.0. The molecule has 2 aliphatic rings. The van der Waals surface area contributed by atoms with Crippen LogP contribution in [-0.4, -0.2) is 59.3 Å². The average molecular weight is 373 g/mol. The van der Waals surface area contributed by atoms with Crippen molar-refractivity contribution in [3.8, 4) is 0 Å². The van der Waals surface area contributed by atoms with E-state index in [1.807, 2.05) is 0 Å². The second kappa shape index (κ2) is 7.06. The predicted molar refractivity (Wildman–Crippen MR) is 89.2 cm³/mol. The summed E-state index contributed by atoms with van der Waals surface area (Å²) in [4.78, 5) is 12.3. The molecule has 3 rings (SSSR count). The van der Waals surface area contributed by atoms with E-state index in [2.05, 4.69) is 10.6 Å². The minimum Gasteiger partial charge on any atom is -0.394 e. The number of nitrogens with one attached hydrogen (secondary N) is 2. The molecule has 1 aromatic rings. The lowest BCUT2D eigenvalue weighted by molar-refractivity contribution is -0.218. The van der Waals surface area contributed by atoms with Crippen LogP contribution < -0.4 is 10.6 Å². The van der Waals surface area contributed by atoms with Crippen molar-refractivity contribution in [1.29, 1.82) is 0 Å². The highest BCUT2D eigenvalue weighted by Crippen LogP contribution is 2.38. The summed E-state index contributed by atoms with van der Waals surface area (Å²) in [6.45, 7) is 2.96. The van der Waals surface area contributed by atoms with Gasteiger partial charge in [-0.25, -0.2) is 4.79 Å². The van der Waals surface area contributed by atoms with E-state index in [1.165, 1.54) is 0 Å². The van der Waals surface area contributed by atoms with Gasteiger partial charge in [0, 0.05) is 10.7 Å². The maximum absolute atomic E-state index is 12.3. The van der Waals surface area contributed by atoms with Crippen LogP contribution in [0.4, 0.5) is 10.5 Å². The number of urea groups is 1. The highest BCUT2D eigenvalue weighted by atomic mass is 35.5. The summed E-state index contributed by atoms with van der Waals surface area (Å²) in [5, 5.41) is 25.2. The normalized spacial score (nSPS) is 31.4. The predicted octanol–water partition coefficient (Wildman–Crippen LogP) is 1.06. The number of carbonyl (C=O) groups excluding carboxylic acids is 1. The van der Waals surface area contributed by atoms with Crippen molar-refractivity contribution in [2.75, 3.05) is 11.9 Å². The molecular weight excluding hydrogens is 352 g/mol. The minimum atomic E-state index is -1.18. The number of hydrogen-bond donors (Lipinski definition) is 4. The first-order valence-electron chi connectivity index (χ1n) is 7.92. The lowest BCUT2D eigenvalue weighted by Crippen LogP contribution is -2.53. The number of carbonyl (C=O) groups is 1. The minimum absolute atomic E-state index is 0.500. The number of hydrogen-bond acceptors (Lipinski definition) is 6. The van der Waals surface area contributed by atoms with Gasteiger partial charge in [0.05, 0.1) is 12.6 Å². The van der Waals surface area contributed by atoms with Gasteiger partial charge in [-0.05, 0) is 38.1 Å². The van der Waals surface area contributed by atoms with E-state index in [1.54, 1.807) is 38.1 Å². The number of halogens is 1. The summed E-state index contributed by atoms with van der Waals surface area (Å²) >= 11 is 5.82. The summed E-state index contributed by atoms with van der Waals surface area (Å²) in [6, 6.07) is 5.44. The molecule has 4 N–H and O–H groups in total. The lowest BCUT2D eigenvalue weighted by Gasteiger charge is -2.28. The Hall–Kier alpha value is -1.42. The largest absolute Gasteiger partial charge is 0.394 e. The third kappa shape index (κ3) is 4.05. The molecule has 5 atom stereocenters. The molecule has 8 nitrogen and oxygen atoms in total. The summed E-state index contributed by atoms with van der Waals surface area (Å²) < 4.78 is 17.0. The van der Waals surface area contributed by atoms with Crippen molar-refractivity contribution >= 4 is 23.3 Å². The van der Waals surface area contributed by atoms with E-state index in [4.69, 9.17) is 25.8 Å². The Morgan fingerprint density at radius 3 is 2.64 bits per heavy atom. The van der Waals surface area contributed by atoms with Crippen LogP contribution in [0.1, 0.15) is 13.8 Å². The standard InChI is InChI=1S/C16H21ClN2O6/c1-16(2)24-13-11(12(10(21)7-20)23-14(13)25-16)19-15(22)18-9-5-3-8(17)4-6-9/h3-6,10-14,20-21H,7H2,1-2H3,(H2,18,19,22)/t10-,11-,12-,13-,14-/m1/s1. The highest BCUT2D eigenvalue weighted by Gasteiger charge is 2.56. The van der Waals surface area contributed by atoms with Gasteiger partial charge in [0.15, 0.2) is 12.1 Å². The molecule has 0 bridgehead atoms. The third-order valence-electron chi connectivity index (χ3n) is 4.05. The number of fused-ring (bicyclic) bond motifs is 1. The van der Waals surface area contributed by atoms with Gasteiger partial charge in [-0.2, -0.15) is 0 Å². The second-order valence-corrected chi connectivity index (χ2v) is 6.89. The first-order chi connectivity index (χ1) is 11.8. The van der Waals surface area contributed by atoms with Crippen LogP contribution in [-0.2, 0) is 14.2 Å². The molecule has 2 aliphatic heterocycles. The van der Waals surface area contributed by atoms with Crippen LogP contribution in [0.5, 0.6) is 0 Å². The van der Waals surface area contributed by atoms with E-state index in [0.717, 1.165) is 0 Å². The maximum atomic E-state index is 12.3. The van der Waals surface area contributed by atoms with E-state index in [-0.39, 0.29) is 0 Å². The summed E-state index contributed by atoms with van der Waals surface area (Å²) in [5.74, 6) is -0.864. The fraction of sp³-hybridized carbons (Fsp3) is 0.562. The van der Waals surface area contributed by atoms with E-state index in [9.17, 15) is 15.0 Å². The number of amides is 2. The molecule has 9 heteroatoms. The number of aliphatic hydroxyl groups is 2. The number of rotatable bonds is 4. The van der Waals surface area contributed by atoms with Gasteiger partial charge in [-0.15, -0.1) is 0 Å². The molecular formula is C16H21ClN2O6. The Kier molecular flexibility index (Phi) is 5.19. The summed E-state index contributed by atoms with van der Waals surface area (Å²) in [6.07, 6.45) is -3.37. The number of anilines is 1. The zero-order valence-corrected chi connectivity index (χ0v) is 14.6. The van der Waals surface area contributed by atoms with Gasteiger partial charge in [-0.3, -0.25) is 0 Å². The fourth-order valence-corrected chi connectivity index (χ4v) is 3.11. The van der Waals surface area contributed by atoms with Crippen molar-refractivity contribution < 1.29 is 29.2 Å². The molecule has 2 heterocycles. The zero-order valence-electron chi connectivity index (χ0n) is 13.8. The van der Waals surface area contributed by atoms with Crippen molar-refractivity contribution in [2.24, 2.45) is 0 Å². The highest BCUT2D eigenvalue weighted by molar-refractivity contribution is 6.30. The van der Waals surface area contributed by atoms with Crippen LogP contribution in [0.2, 0.25) is 5.02 Å². The van der Waals surface area contributed by atoms with Gasteiger partial charge in [-0.1, -0.05) is 11.6 Å². The van der Waals surface area contributed by atoms with E-state index >= 15 is 0 Å². The Labute approximate surface area is 150 Å². The van der Waals surface area contributed by atoms with Crippen molar-refractivity contribution in [3.05, 3.63) is 29.3 Å². The number of aliphatic hydroxyl groups excluding tert-OH is 2. The molecule has 1 aromatic carbocycles. The van der Waals surface area contributed by atoms with Crippen molar-refractivity contribution in [1.82, 2.24) is 5.32 Å². The Bertz CT molecular complexity index is 626. The monoisotopic (exact) mass is 372 g/mol. The van der Waals surface area contributed by atoms with Gasteiger partial charge < -0.3 is 35.1 Å². The molecule has 138 valence electrons. The van der Waals surface area contributed by atoms with Gasteiger partial charge in [0.2, 0.25) is 0 Å². The number of benzene rings is 1. The van der Waals surface area contributed by atoms with Crippen LogP contribution in [0.3, 0.4) is 0 Å². The van der Waals surface area contributed by atoms with E-state index in [0.29, 0.717) is 10.7 Å². The molecule has 0 spiro atoms. The SMILES string of the molecule is CC1(C)O[C@H]2O[C@H]([C@H](O)CO)[C@@H](NC(=O)Nc3ccc(Cl)cc3)[C@H]2O1. The Morgan fingerprint density at radius 2 is 2.00 bits per heavy atom. The van der Waals surface area contributed by atoms with Crippen molar-refractivity contribution in [2.45, 2.75) is 50.3 Å². The molecule has 2 saturated heterocycles. The molecule has 2 fully saturated rings. The smallest absolute Gasteiger partial charge is 0.319 e. The van der Waals surface area contributed by atoms with Gasteiger partial charge in [0.1, 0.15) is 18.3 Å². The maximum Gasteiger partial charge on any atom is 0.319 e. The summed E-state index contributed by atoms with van der Waals surface area (Å²) in [5.41, 5.74) is 0.556. The zero-order chi connectivity index (χ0) is 18.2. The molecule has 25 heavy (non-hydrogen) atoms.